The molecule has 1 aliphatic rings. The Balaban J connectivity index is 1.73. The Labute approximate surface area is 141 Å². The van der Waals surface area contributed by atoms with E-state index in [1.165, 1.54) is 18.4 Å². The lowest BCUT2D eigenvalue weighted by molar-refractivity contribution is 0.229. The Bertz CT molecular complexity index is 850. The molecule has 0 bridgehead atoms. The molecular weight excluding hydrogens is 328 g/mol. The molecule has 8 heteroatoms. The maximum absolute atomic E-state index is 12.0. The summed E-state index contributed by atoms with van der Waals surface area (Å²) in [4.78, 5) is 4.56. The highest BCUT2D eigenvalue weighted by Gasteiger charge is 2.38. The standard InChI is InChI=1S/C16H20N4O3S/c1-20(2)24(21,22)13-7-4-12(5-8-13)6-9-14-18-15(19-23-14)16(17)10-3-11-16/h4-9H,3,10-11,17H2,1-2H3/b9-6+. The van der Waals surface area contributed by atoms with Gasteiger partial charge in [0.2, 0.25) is 10.0 Å². The molecule has 0 unspecified atom stereocenters. The third-order valence-corrected chi connectivity index (χ3v) is 6.04. The zero-order valence-corrected chi connectivity index (χ0v) is 14.5. The number of sulfonamides is 1. The monoisotopic (exact) mass is 348 g/mol. The average Bonchev–Trinajstić information content (AvgIpc) is 3.00. The van der Waals surface area contributed by atoms with Gasteiger partial charge in [0.05, 0.1) is 10.4 Å². The second-order valence-corrected chi connectivity index (χ2v) is 8.31. The minimum atomic E-state index is -3.42. The van der Waals surface area contributed by atoms with Crippen molar-refractivity contribution in [2.24, 2.45) is 5.73 Å². The third kappa shape index (κ3) is 3.12. The van der Waals surface area contributed by atoms with Crippen LogP contribution in [0.15, 0.2) is 33.7 Å². The Morgan fingerprint density at radius 3 is 2.42 bits per heavy atom. The van der Waals surface area contributed by atoms with Crippen LogP contribution < -0.4 is 5.73 Å². The van der Waals surface area contributed by atoms with E-state index in [1.54, 1.807) is 36.4 Å². The van der Waals surface area contributed by atoms with Gasteiger partial charge in [-0.05, 0) is 43.0 Å². The van der Waals surface area contributed by atoms with Crippen molar-refractivity contribution in [3.05, 3.63) is 41.5 Å². The van der Waals surface area contributed by atoms with Gasteiger partial charge in [-0.25, -0.2) is 12.7 Å². The van der Waals surface area contributed by atoms with Crippen LogP contribution in [-0.4, -0.2) is 37.0 Å². The van der Waals surface area contributed by atoms with Gasteiger partial charge in [0.15, 0.2) is 5.82 Å². The van der Waals surface area contributed by atoms with E-state index in [2.05, 4.69) is 10.1 Å². The highest BCUT2D eigenvalue weighted by molar-refractivity contribution is 7.89. The minimum absolute atomic E-state index is 0.250. The molecule has 0 saturated heterocycles. The molecule has 0 atom stereocenters. The molecule has 0 spiro atoms. The maximum Gasteiger partial charge on any atom is 0.250 e. The van der Waals surface area contributed by atoms with E-state index in [4.69, 9.17) is 10.3 Å². The summed E-state index contributed by atoms with van der Waals surface area (Å²) in [6, 6.07) is 6.58. The number of benzene rings is 1. The predicted molar refractivity (Wildman–Crippen MR) is 90.3 cm³/mol. The van der Waals surface area contributed by atoms with Crippen molar-refractivity contribution in [3.63, 3.8) is 0 Å². The molecule has 0 radical (unpaired) electrons. The van der Waals surface area contributed by atoms with Crippen LogP contribution in [0.1, 0.15) is 36.5 Å². The van der Waals surface area contributed by atoms with E-state index in [-0.39, 0.29) is 4.90 Å². The fourth-order valence-electron chi connectivity index (χ4n) is 2.42. The van der Waals surface area contributed by atoms with Gasteiger partial charge in [-0.15, -0.1) is 0 Å². The Kier molecular flexibility index (Phi) is 4.29. The van der Waals surface area contributed by atoms with E-state index in [0.717, 1.165) is 24.8 Å². The van der Waals surface area contributed by atoms with E-state index < -0.39 is 15.6 Å². The molecule has 7 nitrogen and oxygen atoms in total. The number of nitrogens with zero attached hydrogens (tertiary/aromatic N) is 3. The van der Waals surface area contributed by atoms with Crippen molar-refractivity contribution < 1.29 is 12.9 Å². The fraction of sp³-hybridized carbons (Fsp3) is 0.375. The molecule has 0 amide bonds. The first kappa shape index (κ1) is 16.8. The van der Waals surface area contributed by atoms with Crippen LogP contribution in [0.5, 0.6) is 0 Å². The molecule has 2 N–H and O–H groups in total. The van der Waals surface area contributed by atoms with Gasteiger partial charge < -0.3 is 10.3 Å². The average molecular weight is 348 g/mol. The van der Waals surface area contributed by atoms with E-state index in [0.29, 0.717) is 11.7 Å². The summed E-state index contributed by atoms with van der Waals surface area (Å²) < 4.78 is 30.4. The first-order valence-corrected chi connectivity index (χ1v) is 9.09. The van der Waals surface area contributed by atoms with Crippen LogP contribution in [0.25, 0.3) is 12.2 Å². The first-order chi connectivity index (χ1) is 11.3. The SMILES string of the molecule is CN(C)S(=O)(=O)c1ccc(/C=C/c2nc(C3(N)CCC3)no2)cc1. The molecule has 128 valence electrons. The lowest BCUT2D eigenvalue weighted by Crippen LogP contribution is -2.44. The molecule has 24 heavy (non-hydrogen) atoms. The summed E-state index contributed by atoms with van der Waals surface area (Å²) in [5.74, 6) is 0.924. The van der Waals surface area contributed by atoms with Gasteiger partial charge in [-0.1, -0.05) is 17.3 Å². The van der Waals surface area contributed by atoms with Crippen molar-refractivity contribution >= 4 is 22.2 Å². The first-order valence-electron chi connectivity index (χ1n) is 7.65. The molecular formula is C16H20N4O3S. The maximum atomic E-state index is 12.0. The summed E-state index contributed by atoms with van der Waals surface area (Å²) >= 11 is 0. The number of hydrogen-bond donors (Lipinski definition) is 1. The van der Waals surface area contributed by atoms with Crippen LogP contribution in [0.4, 0.5) is 0 Å². The second kappa shape index (κ2) is 6.12. The number of rotatable bonds is 5. The summed E-state index contributed by atoms with van der Waals surface area (Å²) in [5.41, 5.74) is 6.54. The molecule has 1 aliphatic carbocycles. The molecule has 1 heterocycles. The molecule has 1 fully saturated rings. The Hall–Kier alpha value is -2.03. The van der Waals surface area contributed by atoms with Crippen molar-refractivity contribution in [1.82, 2.24) is 14.4 Å². The quantitative estimate of drug-likeness (QED) is 0.884. The van der Waals surface area contributed by atoms with Crippen LogP contribution in [-0.2, 0) is 15.6 Å². The van der Waals surface area contributed by atoms with Gasteiger partial charge in [-0.2, -0.15) is 4.98 Å². The molecule has 0 aliphatic heterocycles. The lowest BCUT2D eigenvalue weighted by Gasteiger charge is -2.34. The van der Waals surface area contributed by atoms with Crippen LogP contribution in [0, 0.1) is 0 Å². The van der Waals surface area contributed by atoms with Crippen molar-refractivity contribution in [2.75, 3.05) is 14.1 Å². The van der Waals surface area contributed by atoms with Crippen molar-refractivity contribution in [3.8, 4) is 0 Å². The minimum Gasteiger partial charge on any atom is -0.335 e. The van der Waals surface area contributed by atoms with Gasteiger partial charge in [-0.3, -0.25) is 0 Å². The molecule has 2 aromatic rings. The Morgan fingerprint density at radius 2 is 1.88 bits per heavy atom. The zero-order chi connectivity index (χ0) is 17.4. The lowest BCUT2D eigenvalue weighted by atomic mass is 9.77. The van der Waals surface area contributed by atoms with Crippen LogP contribution in [0.3, 0.4) is 0 Å². The summed E-state index contributed by atoms with van der Waals surface area (Å²) in [6.07, 6.45) is 6.30. The zero-order valence-electron chi connectivity index (χ0n) is 13.6. The largest absolute Gasteiger partial charge is 0.335 e. The summed E-state index contributed by atoms with van der Waals surface area (Å²) in [5, 5.41) is 3.94. The molecule has 1 aromatic heterocycles. The number of aromatic nitrogens is 2. The smallest absolute Gasteiger partial charge is 0.250 e. The van der Waals surface area contributed by atoms with Crippen LogP contribution >= 0.6 is 0 Å². The Morgan fingerprint density at radius 1 is 1.21 bits per heavy atom. The molecule has 1 saturated carbocycles. The number of nitrogens with two attached hydrogens (primary N) is 1. The third-order valence-electron chi connectivity index (χ3n) is 4.21. The van der Waals surface area contributed by atoms with Gasteiger partial charge >= 0.3 is 0 Å². The van der Waals surface area contributed by atoms with Crippen LogP contribution in [0.2, 0.25) is 0 Å². The van der Waals surface area contributed by atoms with E-state index >= 15 is 0 Å². The van der Waals surface area contributed by atoms with E-state index in [1.807, 2.05) is 0 Å². The summed E-state index contributed by atoms with van der Waals surface area (Å²) in [6.45, 7) is 0. The van der Waals surface area contributed by atoms with E-state index in [9.17, 15) is 8.42 Å². The van der Waals surface area contributed by atoms with Gasteiger partial charge in [0.25, 0.3) is 5.89 Å². The van der Waals surface area contributed by atoms with Gasteiger partial charge in [0.1, 0.15) is 0 Å². The molecule has 3 rings (SSSR count). The highest BCUT2D eigenvalue weighted by Crippen LogP contribution is 2.36. The molecule has 1 aromatic carbocycles. The fourth-order valence-corrected chi connectivity index (χ4v) is 3.32. The number of hydrogen-bond acceptors (Lipinski definition) is 6. The predicted octanol–water partition coefficient (Wildman–Crippen LogP) is 1.83. The second-order valence-electron chi connectivity index (χ2n) is 6.16. The topological polar surface area (TPSA) is 102 Å². The highest BCUT2D eigenvalue weighted by atomic mass is 32.2. The van der Waals surface area contributed by atoms with Crippen molar-refractivity contribution in [2.45, 2.75) is 29.7 Å². The normalized spacial score (nSPS) is 17.3. The van der Waals surface area contributed by atoms with Crippen molar-refractivity contribution in [1.29, 1.82) is 0 Å². The van der Waals surface area contributed by atoms with Gasteiger partial charge in [0, 0.05) is 20.2 Å². The summed E-state index contributed by atoms with van der Waals surface area (Å²) in [7, 11) is -0.411.